The Bertz CT molecular complexity index is 556. The summed E-state index contributed by atoms with van der Waals surface area (Å²) in [6.45, 7) is 1.73. The number of ether oxygens (including phenoxy) is 1. The van der Waals surface area contributed by atoms with Crippen LogP contribution < -0.4 is 5.32 Å². The summed E-state index contributed by atoms with van der Waals surface area (Å²) >= 11 is 12.7. The summed E-state index contributed by atoms with van der Waals surface area (Å²) in [5.74, 6) is 0. The van der Waals surface area contributed by atoms with Crippen molar-refractivity contribution in [3.63, 3.8) is 0 Å². The highest BCUT2D eigenvalue weighted by Crippen LogP contribution is 2.36. The van der Waals surface area contributed by atoms with Crippen LogP contribution in [0.2, 0.25) is 10.0 Å². The fourth-order valence-electron chi connectivity index (χ4n) is 2.24. The summed E-state index contributed by atoms with van der Waals surface area (Å²) in [7, 11) is 0. The van der Waals surface area contributed by atoms with Crippen LogP contribution >= 0.6 is 35.6 Å². The Labute approximate surface area is 140 Å². The van der Waals surface area contributed by atoms with E-state index in [9.17, 15) is 0 Å². The first-order valence-corrected chi connectivity index (χ1v) is 7.36. The Hall–Kier alpha value is -0.770. The van der Waals surface area contributed by atoms with Gasteiger partial charge in [0.05, 0.1) is 6.10 Å². The Kier molecular flexibility index (Phi) is 5.91. The quantitative estimate of drug-likeness (QED) is 0.882. The highest BCUT2D eigenvalue weighted by Gasteiger charge is 2.26. The van der Waals surface area contributed by atoms with Crippen molar-refractivity contribution < 1.29 is 4.74 Å². The second kappa shape index (κ2) is 7.48. The molecule has 0 saturated carbocycles. The van der Waals surface area contributed by atoms with Gasteiger partial charge in [0.15, 0.2) is 0 Å². The Balaban J connectivity index is 0.00000161. The van der Waals surface area contributed by atoms with E-state index >= 15 is 0 Å². The molecule has 2 aromatic carbocycles. The number of halogens is 3. The molecule has 112 valence electrons. The van der Waals surface area contributed by atoms with Crippen LogP contribution in [0.3, 0.4) is 0 Å². The van der Waals surface area contributed by atoms with Crippen molar-refractivity contribution in [3.8, 4) is 0 Å². The molecule has 0 amide bonds. The average Bonchev–Trinajstić information content (AvgIpc) is 2.40. The van der Waals surface area contributed by atoms with Crippen LogP contribution in [0.1, 0.15) is 17.2 Å². The first-order chi connectivity index (χ1) is 9.75. The van der Waals surface area contributed by atoms with Crippen LogP contribution in [0, 0.1) is 0 Å². The van der Waals surface area contributed by atoms with Gasteiger partial charge in [-0.3, -0.25) is 0 Å². The summed E-state index contributed by atoms with van der Waals surface area (Å²) in [5.41, 5.74) is 1.91. The van der Waals surface area contributed by atoms with Crippen LogP contribution in [0.25, 0.3) is 0 Å². The fourth-order valence-corrected chi connectivity index (χ4v) is 2.71. The summed E-state index contributed by atoms with van der Waals surface area (Å²) in [6.07, 6.45) is -0.0305. The second-order valence-corrected chi connectivity index (χ2v) is 5.65. The molecule has 0 aliphatic carbocycles. The van der Waals surface area contributed by atoms with Crippen LogP contribution in [0.4, 0.5) is 0 Å². The summed E-state index contributed by atoms with van der Waals surface area (Å²) in [4.78, 5) is 0. The zero-order valence-corrected chi connectivity index (χ0v) is 13.6. The van der Waals surface area contributed by atoms with Gasteiger partial charge in [-0.2, -0.15) is 0 Å². The lowest BCUT2D eigenvalue weighted by molar-refractivity contribution is -0.0201. The standard InChI is InChI=1S/C16H15Cl2NO.ClH/c17-14-7-3-1-5-12(14)16(20-11-9-19-10-11)13-6-2-4-8-15(13)18;/h1-8,11,16,19H,9-10H2;1H. The zero-order chi connectivity index (χ0) is 13.9. The molecule has 0 spiro atoms. The van der Waals surface area contributed by atoms with Gasteiger partial charge in [-0.05, 0) is 12.1 Å². The van der Waals surface area contributed by atoms with Crippen LogP contribution in [-0.2, 0) is 4.74 Å². The van der Waals surface area contributed by atoms with Gasteiger partial charge in [0.2, 0.25) is 0 Å². The Morgan fingerprint density at radius 2 is 1.38 bits per heavy atom. The molecule has 0 aromatic heterocycles. The second-order valence-electron chi connectivity index (χ2n) is 4.84. The SMILES string of the molecule is Cl.Clc1ccccc1C(OC1CNC1)c1ccccc1Cl. The predicted octanol–water partition coefficient (Wildman–Crippen LogP) is 4.49. The molecule has 1 aliphatic rings. The Morgan fingerprint density at radius 1 is 0.905 bits per heavy atom. The maximum absolute atomic E-state index is 6.33. The molecule has 0 unspecified atom stereocenters. The maximum atomic E-state index is 6.33. The van der Waals surface area contributed by atoms with Crippen molar-refractivity contribution in [1.29, 1.82) is 0 Å². The molecule has 2 nitrogen and oxygen atoms in total. The lowest BCUT2D eigenvalue weighted by Gasteiger charge is -2.32. The molecule has 0 atom stereocenters. The van der Waals surface area contributed by atoms with Crippen molar-refractivity contribution in [2.75, 3.05) is 13.1 Å². The topological polar surface area (TPSA) is 21.3 Å². The number of rotatable bonds is 4. The highest BCUT2D eigenvalue weighted by atomic mass is 35.5. The summed E-state index contributed by atoms with van der Waals surface area (Å²) < 4.78 is 6.19. The van der Waals surface area contributed by atoms with Gasteiger partial charge in [-0.1, -0.05) is 59.6 Å². The van der Waals surface area contributed by atoms with Crippen molar-refractivity contribution in [2.24, 2.45) is 0 Å². The van der Waals surface area contributed by atoms with E-state index in [0.29, 0.717) is 10.0 Å². The fraction of sp³-hybridized carbons (Fsp3) is 0.250. The van der Waals surface area contributed by atoms with Gasteiger partial charge in [-0.25, -0.2) is 0 Å². The van der Waals surface area contributed by atoms with Crippen LogP contribution in [0.15, 0.2) is 48.5 Å². The molecular formula is C16H16Cl3NO. The number of nitrogens with one attached hydrogen (secondary N) is 1. The van der Waals surface area contributed by atoms with Crippen molar-refractivity contribution in [3.05, 3.63) is 69.7 Å². The van der Waals surface area contributed by atoms with Gasteiger partial charge in [0.1, 0.15) is 6.10 Å². The molecule has 21 heavy (non-hydrogen) atoms. The van der Waals surface area contributed by atoms with Crippen LogP contribution in [-0.4, -0.2) is 19.2 Å². The van der Waals surface area contributed by atoms with Gasteiger partial charge in [0.25, 0.3) is 0 Å². The lowest BCUT2D eigenvalue weighted by atomic mass is 10.0. The van der Waals surface area contributed by atoms with E-state index in [-0.39, 0.29) is 24.6 Å². The normalized spacial score (nSPS) is 14.6. The third kappa shape index (κ3) is 3.71. The zero-order valence-electron chi connectivity index (χ0n) is 11.3. The van der Waals surface area contributed by atoms with Crippen LogP contribution in [0.5, 0.6) is 0 Å². The first-order valence-electron chi connectivity index (χ1n) is 6.61. The van der Waals surface area contributed by atoms with E-state index in [1.165, 1.54) is 0 Å². The first kappa shape index (κ1) is 16.6. The van der Waals surface area contributed by atoms with E-state index in [1.54, 1.807) is 0 Å². The minimum absolute atomic E-state index is 0. The molecular weight excluding hydrogens is 329 g/mol. The van der Waals surface area contributed by atoms with Gasteiger partial charge in [0, 0.05) is 34.3 Å². The Morgan fingerprint density at radius 3 is 1.76 bits per heavy atom. The average molecular weight is 345 g/mol. The largest absolute Gasteiger partial charge is 0.363 e. The molecule has 3 rings (SSSR count). The smallest absolute Gasteiger partial charge is 0.111 e. The van der Waals surface area contributed by atoms with E-state index in [1.807, 2.05) is 48.5 Å². The monoisotopic (exact) mass is 343 g/mol. The third-order valence-corrected chi connectivity index (χ3v) is 4.14. The number of hydrogen-bond donors (Lipinski definition) is 1. The summed E-state index contributed by atoms with van der Waals surface area (Å²) in [6, 6.07) is 15.5. The third-order valence-electron chi connectivity index (χ3n) is 3.45. The molecule has 1 aliphatic heterocycles. The molecule has 2 aromatic rings. The van der Waals surface area contributed by atoms with Crippen molar-refractivity contribution >= 4 is 35.6 Å². The van der Waals surface area contributed by atoms with E-state index in [0.717, 1.165) is 24.2 Å². The molecule has 0 radical (unpaired) electrons. The number of hydrogen-bond acceptors (Lipinski definition) is 2. The molecule has 1 fully saturated rings. The minimum Gasteiger partial charge on any atom is -0.363 e. The molecule has 1 saturated heterocycles. The minimum atomic E-state index is -0.232. The molecule has 1 N–H and O–H groups in total. The molecule has 1 heterocycles. The maximum Gasteiger partial charge on any atom is 0.111 e. The van der Waals surface area contributed by atoms with E-state index in [4.69, 9.17) is 27.9 Å². The predicted molar refractivity (Wildman–Crippen MR) is 89.7 cm³/mol. The molecule has 5 heteroatoms. The van der Waals surface area contributed by atoms with Gasteiger partial charge < -0.3 is 10.1 Å². The van der Waals surface area contributed by atoms with Gasteiger partial charge in [-0.15, -0.1) is 12.4 Å². The number of benzene rings is 2. The summed E-state index contributed by atoms with van der Waals surface area (Å²) in [5, 5.41) is 4.61. The van der Waals surface area contributed by atoms with E-state index < -0.39 is 0 Å². The van der Waals surface area contributed by atoms with Crippen molar-refractivity contribution in [1.82, 2.24) is 5.32 Å². The highest BCUT2D eigenvalue weighted by molar-refractivity contribution is 6.32. The molecule has 0 bridgehead atoms. The van der Waals surface area contributed by atoms with E-state index in [2.05, 4.69) is 5.32 Å². The van der Waals surface area contributed by atoms with Crippen molar-refractivity contribution in [2.45, 2.75) is 12.2 Å². The lowest BCUT2D eigenvalue weighted by Crippen LogP contribution is -2.49. The van der Waals surface area contributed by atoms with Gasteiger partial charge >= 0.3 is 0 Å².